The Morgan fingerprint density at radius 3 is 2.36 bits per heavy atom. The third kappa shape index (κ3) is 9.13. The van der Waals surface area contributed by atoms with Crippen molar-refractivity contribution < 1.29 is 58.9 Å². The number of nitrogens with one attached hydrogen (secondary N) is 1. The fraction of sp³-hybridized carbons (Fsp3) is 0.600. The maximum atomic E-state index is 14.6. The number of nitrogens with zero attached hydrogens (tertiary/aromatic N) is 3. The first-order valence-corrected chi connectivity index (χ1v) is 23.4. The number of carbonyl (C=O) groups excluding carboxylic acids is 3. The van der Waals surface area contributed by atoms with E-state index in [1.54, 1.807) is 46.8 Å². The number of ether oxygens (including phenoxy) is 4. The zero-order chi connectivity index (χ0) is 47.9. The summed E-state index contributed by atoms with van der Waals surface area (Å²) in [6, 6.07) is 0.880. The summed E-state index contributed by atoms with van der Waals surface area (Å²) in [5, 5.41) is 68.2. The lowest BCUT2D eigenvalue weighted by Crippen LogP contribution is -2.60. The predicted octanol–water partition coefficient (Wildman–Crippen LogP) is 6.43. The second kappa shape index (κ2) is 19.6. The normalized spacial score (nSPS) is 35.3. The average Bonchev–Trinajstić information content (AvgIpc) is 3.56. The van der Waals surface area contributed by atoms with E-state index in [0.717, 1.165) is 18.9 Å². The van der Waals surface area contributed by atoms with Gasteiger partial charge in [0, 0.05) is 86.3 Å². The Bertz CT molecular complexity index is 2330. The molecular weight excluding hydrogens is 849 g/mol. The van der Waals surface area contributed by atoms with Crippen molar-refractivity contribution >= 4 is 40.3 Å². The number of carbonyl (C=O) groups is 3. The number of methoxy groups -OCH3 is 1. The average molecular weight is 917 g/mol. The first-order chi connectivity index (χ1) is 31.3. The molecule has 0 spiro atoms. The number of phenolic OH excluding ortho intramolecular Hbond substituents is 3. The summed E-state index contributed by atoms with van der Waals surface area (Å²) in [5.41, 5.74) is -0.250. The maximum absolute atomic E-state index is 14.6. The molecule has 3 fully saturated rings. The maximum Gasteiger partial charge on any atom is 0.312 e. The molecule has 0 aromatic heterocycles. The lowest BCUT2D eigenvalue weighted by molar-refractivity contribution is -0.160. The Kier molecular flexibility index (Phi) is 14.5. The number of hydrogen-bond acceptors (Lipinski definition) is 15. The number of Topliss-reactive ketones (excluding diaryl/α,β-unsaturated/α-hetero) is 1. The molecule has 1 amide bonds. The number of piperazine rings is 1. The number of rotatable bonds is 4. The van der Waals surface area contributed by atoms with Crippen molar-refractivity contribution in [3.63, 3.8) is 0 Å². The van der Waals surface area contributed by atoms with E-state index in [-0.39, 0.29) is 44.5 Å². The molecule has 2 saturated heterocycles. The fourth-order valence-corrected chi connectivity index (χ4v) is 11.0. The highest BCUT2D eigenvalue weighted by Crippen LogP contribution is 2.55. The standard InChI is InChI=1S/C50H68N4O12/c1-25-13-12-14-26(2)49(62)52-40-34(23-51-53-20-21-54-33(24-53)18-17-32-15-10-11-16-35(32)54)44(59)37-38(45(40)60)43(58)30(6)47-39(37)48(61)50(8,66-47)64-22-19-36(63-9)27(3)46(65-31(7)55)29(5)42(57)28(4)41(25)56/h12-14,19,22-23,25,27-29,32-33,35-36,41-42,46,56-60H,10-11,15-18,20-21,24H2,1-9H3,(H,52,62)/b13-12-,22-19-,26-14+,51-23+/t25-,27-,28+,29+,32?,33?,35?,36-,41-,42+,46-,50-/m0/s1. The van der Waals surface area contributed by atoms with Gasteiger partial charge in [-0.3, -0.25) is 24.3 Å². The molecule has 6 aliphatic rings. The molecule has 2 aromatic carbocycles. The van der Waals surface area contributed by atoms with Crippen molar-refractivity contribution in [1.29, 1.82) is 0 Å². The van der Waals surface area contributed by atoms with Gasteiger partial charge in [-0.1, -0.05) is 58.8 Å². The highest BCUT2D eigenvalue weighted by Gasteiger charge is 2.50. The van der Waals surface area contributed by atoms with E-state index in [9.17, 15) is 39.9 Å². The number of allylic oxidation sites excluding steroid dienone is 2. The Hall–Kier alpha value is -5.16. The van der Waals surface area contributed by atoms with Crippen LogP contribution in [0.4, 0.5) is 5.69 Å². The van der Waals surface area contributed by atoms with Gasteiger partial charge < -0.3 is 49.8 Å². The third-order valence-corrected chi connectivity index (χ3v) is 15.1. The number of hydrogen-bond donors (Lipinski definition) is 6. The summed E-state index contributed by atoms with van der Waals surface area (Å²) >= 11 is 0. The van der Waals surface area contributed by atoms with Gasteiger partial charge in [0.2, 0.25) is 0 Å². The summed E-state index contributed by atoms with van der Waals surface area (Å²) < 4.78 is 23.8. The van der Waals surface area contributed by atoms with Gasteiger partial charge in [-0.05, 0) is 51.5 Å². The quantitative estimate of drug-likeness (QED) is 0.0844. The summed E-state index contributed by atoms with van der Waals surface area (Å²) in [5.74, 6) is -7.51. The number of piperidine rings is 1. The smallest absolute Gasteiger partial charge is 0.312 e. The molecule has 3 unspecified atom stereocenters. The Labute approximate surface area is 386 Å². The molecule has 5 aliphatic heterocycles. The number of aliphatic hydroxyl groups excluding tert-OH is 2. The molecule has 2 aromatic rings. The third-order valence-electron chi connectivity index (χ3n) is 15.1. The van der Waals surface area contributed by atoms with Gasteiger partial charge in [-0.25, -0.2) is 0 Å². The second-order valence-corrected chi connectivity index (χ2v) is 19.4. The van der Waals surface area contributed by atoms with Crippen LogP contribution in [0.25, 0.3) is 10.8 Å². The minimum atomic E-state index is -2.05. The number of benzene rings is 2. The van der Waals surface area contributed by atoms with Crippen LogP contribution < -0.4 is 10.1 Å². The van der Waals surface area contributed by atoms with Crippen molar-refractivity contribution in [3.05, 3.63) is 52.8 Å². The molecule has 360 valence electrons. The van der Waals surface area contributed by atoms with Gasteiger partial charge in [0.25, 0.3) is 11.7 Å². The molecule has 8 rings (SSSR count). The first kappa shape index (κ1) is 48.8. The van der Waals surface area contributed by atoms with E-state index in [1.807, 2.05) is 5.01 Å². The van der Waals surface area contributed by atoms with Gasteiger partial charge in [-0.15, -0.1) is 0 Å². The van der Waals surface area contributed by atoms with Gasteiger partial charge in [0.15, 0.2) is 5.75 Å². The molecule has 5 bridgehead atoms. The highest BCUT2D eigenvalue weighted by molar-refractivity contribution is 6.23. The van der Waals surface area contributed by atoms with Crippen molar-refractivity contribution in [2.45, 2.75) is 136 Å². The van der Waals surface area contributed by atoms with Crippen LogP contribution in [0.5, 0.6) is 23.0 Å². The molecule has 1 saturated carbocycles. The van der Waals surface area contributed by atoms with E-state index in [1.165, 1.54) is 84.6 Å². The number of phenols is 3. The second-order valence-electron chi connectivity index (χ2n) is 19.4. The van der Waals surface area contributed by atoms with Crippen LogP contribution in [0, 0.1) is 36.5 Å². The van der Waals surface area contributed by atoms with E-state index < -0.39 is 88.8 Å². The van der Waals surface area contributed by atoms with Gasteiger partial charge in [-0.2, -0.15) is 5.10 Å². The molecule has 16 nitrogen and oxygen atoms in total. The largest absolute Gasteiger partial charge is 0.507 e. The minimum absolute atomic E-state index is 0.0681. The zero-order valence-electron chi connectivity index (χ0n) is 39.6. The minimum Gasteiger partial charge on any atom is -0.507 e. The fourth-order valence-electron chi connectivity index (χ4n) is 11.0. The monoisotopic (exact) mass is 916 g/mol. The van der Waals surface area contributed by atoms with Crippen molar-refractivity contribution in [2.75, 3.05) is 32.1 Å². The van der Waals surface area contributed by atoms with E-state index in [4.69, 9.17) is 24.0 Å². The zero-order valence-corrected chi connectivity index (χ0v) is 39.6. The topological polar surface area (TPSA) is 220 Å². The lowest BCUT2D eigenvalue weighted by Gasteiger charge is -2.52. The van der Waals surface area contributed by atoms with E-state index in [2.05, 4.69) is 10.2 Å². The molecule has 16 heteroatoms. The number of hydrazone groups is 1. The first-order valence-electron chi connectivity index (χ1n) is 23.4. The predicted molar refractivity (Wildman–Crippen MR) is 248 cm³/mol. The molecule has 5 heterocycles. The lowest BCUT2D eigenvalue weighted by atomic mass is 9.76. The Morgan fingerprint density at radius 2 is 1.65 bits per heavy atom. The van der Waals surface area contributed by atoms with Crippen LogP contribution in [-0.2, 0) is 23.8 Å². The SMILES string of the molecule is CO[C@H]1/C=C\O[C@@]2(C)Oc3c(C)c(O)c4c(O)c(c(/C=N/N5CCN6C(CCC7CCCCC76)C5)c(O)c4c3C2=O)NC(=O)/C(C)=C/C=C\[C@H](C)[C@H](O)[C@@H](C)[C@@H](O)[C@@H](C)[C@@H](OC(C)=O)[C@H]1C. The molecular formula is C50H68N4O12. The summed E-state index contributed by atoms with van der Waals surface area (Å²) in [6.45, 7) is 14.7. The van der Waals surface area contributed by atoms with Gasteiger partial charge in [0.1, 0.15) is 23.4 Å². The van der Waals surface area contributed by atoms with Crippen LogP contribution in [0.15, 0.2) is 41.2 Å². The van der Waals surface area contributed by atoms with Crippen LogP contribution in [-0.4, -0.2) is 128 Å². The number of aliphatic hydroxyl groups is 2. The molecule has 1 aliphatic carbocycles. The van der Waals surface area contributed by atoms with Crippen LogP contribution >= 0.6 is 0 Å². The molecule has 0 radical (unpaired) electrons. The number of esters is 1. The summed E-state index contributed by atoms with van der Waals surface area (Å²) in [7, 11) is 1.45. The van der Waals surface area contributed by atoms with Crippen LogP contribution in [0.3, 0.4) is 0 Å². The number of aromatic hydroxyl groups is 3. The summed E-state index contributed by atoms with van der Waals surface area (Å²) in [4.78, 5) is 43.6. The molecule has 66 heavy (non-hydrogen) atoms. The van der Waals surface area contributed by atoms with Gasteiger partial charge >= 0.3 is 11.8 Å². The van der Waals surface area contributed by atoms with E-state index in [0.29, 0.717) is 25.2 Å². The number of ketones is 1. The van der Waals surface area contributed by atoms with Gasteiger partial charge in [0.05, 0.1) is 59.5 Å². The van der Waals surface area contributed by atoms with Crippen molar-refractivity contribution in [3.8, 4) is 23.0 Å². The van der Waals surface area contributed by atoms with Crippen LogP contribution in [0.1, 0.15) is 108 Å². The molecule has 12 atom stereocenters. The van der Waals surface area contributed by atoms with Crippen molar-refractivity contribution in [2.24, 2.45) is 34.7 Å². The van der Waals surface area contributed by atoms with E-state index >= 15 is 0 Å². The highest BCUT2D eigenvalue weighted by atomic mass is 16.7. The van der Waals surface area contributed by atoms with Crippen molar-refractivity contribution in [1.82, 2.24) is 9.91 Å². The summed E-state index contributed by atoms with van der Waals surface area (Å²) in [6.07, 6.45) is 12.3. The van der Waals surface area contributed by atoms with Crippen LogP contribution in [0.2, 0.25) is 0 Å². The Morgan fingerprint density at radius 1 is 0.924 bits per heavy atom. The molecule has 6 N–H and O–H groups in total. The Balaban J connectivity index is 1.33. The number of anilines is 1. The number of fused-ring (bicyclic) bond motifs is 17. The number of amides is 1.